The quantitative estimate of drug-likeness (QED) is 0.291. The summed E-state index contributed by atoms with van der Waals surface area (Å²) in [6, 6.07) is 20.3. The smallest absolute Gasteiger partial charge is 0.0837 e. The van der Waals surface area contributed by atoms with Gasteiger partial charge in [-0.2, -0.15) is 0 Å². The number of benzene rings is 2. The van der Waals surface area contributed by atoms with Gasteiger partial charge < -0.3 is 28.4 Å². The lowest BCUT2D eigenvalue weighted by molar-refractivity contribution is -0.111. The fourth-order valence-electron chi connectivity index (χ4n) is 3.93. The van der Waals surface area contributed by atoms with Crippen molar-refractivity contribution in [3.05, 3.63) is 71.8 Å². The highest BCUT2D eigenvalue weighted by Crippen LogP contribution is 2.23. The van der Waals surface area contributed by atoms with Crippen molar-refractivity contribution in [3.63, 3.8) is 0 Å². The molecule has 0 bridgehead atoms. The molecule has 0 heterocycles. The fourth-order valence-corrected chi connectivity index (χ4v) is 3.93. The van der Waals surface area contributed by atoms with Gasteiger partial charge in [0.1, 0.15) is 0 Å². The Kier molecular flexibility index (Phi) is 13.9. The minimum atomic E-state index is 0.140. The van der Waals surface area contributed by atoms with E-state index in [2.05, 4.69) is 24.3 Å². The van der Waals surface area contributed by atoms with Gasteiger partial charge in [0, 0.05) is 0 Å². The van der Waals surface area contributed by atoms with Crippen LogP contribution >= 0.6 is 0 Å². The van der Waals surface area contributed by atoms with Gasteiger partial charge in [-0.15, -0.1) is 0 Å². The summed E-state index contributed by atoms with van der Waals surface area (Å²) in [5.74, 6) is 0. The second-order valence-electron chi connectivity index (χ2n) is 8.40. The zero-order chi connectivity index (χ0) is 23.5. The number of hydrogen-bond acceptors (Lipinski definition) is 6. The summed E-state index contributed by atoms with van der Waals surface area (Å²) in [4.78, 5) is 0. The molecular formula is C28H40O6. The molecule has 0 saturated heterocycles. The molecule has 0 unspecified atom stereocenters. The molecule has 0 radical (unpaired) electrons. The molecule has 3 rings (SSSR count). The molecule has 0 N–H and O–H groups in total. The molecule has 34 heavy (non-hydrogen) atoms. The third kappa shape index (κ3) is 11.6. The van der Waals surface area contributed by atoms with Gasteiger partial charge in [-0.25, -0.2) is 0 Å². The van der Waals surface area contributed by atoms with E-state index in [4.69, 9.17) is 28.4 Å². The van der Waals surface area contributed by atoms with Crippen LogP contribution in [0.1, 0.15) is 36.8 Å². The zero-order valence-electron chi connectivity index (χ0n) is 20.3. The van der Waals surface area contributed by atoms with Crippen LogP contribution in [0.15, 0.2) is 60.7 Å². The van der Waals surface area contributed by atoms with Crippen LogP contribution in [0.5, 0.6) is 0 Å². The van der Waals surface area contributed by atoms with Crippen molar-refractivity contribution in [2.24, 2.45) is 0 Å². The predicted molar refractivity (Wildman–Crippen MR) is 132 cm³/mol. The van der Waals surface area contributed by atoms with Crippen LogP contribution in [0.3, 0.4) is 0 Å². The van der Waals surface area contributed by atoms with Gasteiger partial charge in [0.15, 0.2) is 0 Å². The zero-order valence-corrected chi connectivity index (χ0v) is 20.3. The van der Waals surface area contributed by atoms with Gasteiger partial charge >= 0.3 is 0 Å². The average Bonchev–Trinajstić information content (AvgIpc) is 2.89. The van der Waals surface area contributed by atoms with E-state index in [0.717, 1.165) is 12.8 Å². The molecule has 2 aromatic rings. The van der Waals surface area contributed by atoms with Crippen molar-refractivity contribution < 1.29 is 28.4 Å². The maximum atomic E-state index is 6.07. The Hall–Kier alpha value is -1.80. The topological polar surface area (TPSA) is 55.4 Å². The Morgan fingerprint density at radius 2 is 0.853 bits per heavy atom. The Bertz CT molecular complexity index is 663. The molecule has 6 nitrogen and oxygen atoms in total. The first-order valence-corrected chi connectivity index (χ1v) is 12.5. The van der Waals surface area contributed by atoms with Gasteiger partial charge in [0.2, 0.25) is 0 Å². The lowest BCUT2D eigenvalue weighted by Gasteiger charge is -2.31. The highest BCUT2D eigenvalue weighted by atomic mass is 16.6. The van der Waals surface area contributed by atoms with Crippen LogP contribution in [-0.4, -0.2) is 65.1 Å². The highest BCUT2D eigenvalue weighted by molar-refractivity contribution is 5.14. The summed E-state index contributed by atoms with van der Waals surface area (Å²) in [7, 11) is 0. The molecule has 0 aromatic heterocycles. The second-order valence-corrected chi connectivity index (χ2v) is 8.40. The van der Waals surface area contributed by atoms with Crippen LogP contribution in [0.2, 0.25) is 0 Å². The number of rotatable bonds is 18. The molecule has 2 atom stereocenters. The molecule has 1 fully saturated rings. The summed E-state index contributed by atoms with van der Waals surface area (Å²) in [6.07, 6.45) is 4.74. The van der Waals surface area contributed by atoms with Gasteiger partial charge in [-0.05, 0) is 24.0 Å². The molecule has 1 aliphatic carbocycles. The predicted octanol–water partition coefficient (Wildman–Crippen LogP) is 4.80. The molecule has 1 aliphatic rings. The van der Waals surface area contributed by atoms with Gasteiger partial charge in [-0.3, -0.25) is 0 Å². The van der Waals surface area contributed by atoms with E-state index in [1.165, 1.54) is 24.0 Å². The normalized spacial score (nSPS) is 18.2. The minimum absolute atomic E-state index is 0.140. The Balaban J connectivity index is 1.14. The van der Waals surface area contributed by atoms with E-state index in [-0.39, 0.29) is 12.2 Å². The summed E-state index contributed by atoms with van der Waals surface area (Å²) >= 11 is 0. The Morgan fingerprint density at radius 1 is 0.471 bits per heavy atom. The standard InChI is InChI=1S/C28H40O6/c1-3-9-25(10-4-1)23-31-17-15-29-19-21-33-27-13-7-8-14-28(27)34-22-20-30-16-18-32-24-26-11-5-2-6-12-26/h1-6,9-12,27-28H,7-8,13-24H2/t27-,28-/m1/s1. The van der Waals surface area contributed by atoms with Crippen LogP contribution in [0.25, 0.3) is 0 Å². The van der Waals surface area contributed by atoms with Gasteiger partial charge in [0.05, 0.1) is 78.3 Å². The first-order valence-electron chi connectivity index (χ1n) is 12.5. The molecule has 6 heteroatoms. The molecular weight excluding hydrogens is 432 g/mol. The van der Waals surface area contributed by atoms with Crippen LogP contribution in [0, 0.1) is 0 Å². The van der Waals surface area contributed by atoms with Crippen molar-refractivity contribution in [1.29, 1.82) is 0 Å². The summed E-state index contributed by atoms with van der Waals surface area (Å²) in [5, 5.41) is 0. The molecule has 0 amide bonds. The summed E-state index contributed by atoms with van der Waals surface area (Å²) in [6.45, 7) is 5.87. The van der Waals surface area contributed by atoms with E-state index >= 15 is 0 Å². The van der Waals surface area contributed by atoms with Crippen molar-refractivity contribution in [1.82, 2.24) is 0 Å². The minimum Gasteiger partial charge on any atom is -0.377 e. The maximum absolute atomic E-state index is 6.07. The lowest BCUT2D eigenvalue weighted by Crippen LogP contribution is -2.36. The van der Waals surface area contributed by atoms with E-state index in [0.29, 0.717) is 66.1 Å². The third-order valence-corrected chi connectivity index (χ3v) is 5.73. The molecule has 1 saturated carbocycles. The SMILES string of the molecule is c1ccc(COCCOCCO[C@@H]2CCCC[C@H]2OCCOCCOCc2ccccc2)cc1. The summed E-state index contributed by atoms with van der Waals surface area (Å²) in [5.41, 5.74) is 2.35. The highest BCUT2D eigenvalue weighted by Gasteiger charge is 2.26. The molecule has 0 spiro atoms. The maximum Gasteiger partial charge on any atom is 0.0837 e. The van der Waals surface area contributed by atoms with Gasteiger partial charge in [-0.1, -0.05) is 73.5 Å². The Morgan fingerprint density at radius 3 is 1.29 bits per heavy atom. The monoisotopic (exact) mass is 472 g/mol. The summed E-state index contributed by atoms with van der Waals surface area (Å²) < 4.78 is 34.7. The first kappa shape index (κ1) is 26.8. The first-order chi connectivity index (χ1) is 16.9. The Labute approximate surface area is 204 Å². The molecule has 2 aromatic carbocycles. The van der Waals surface area contributed by atoms with Crippen molar-refractivity contribution in [3.8, 4) is 0 Å². The van der Waals surface area contributed by atoms with Crippen molar-refractivity contribution in [2.45, 2.75) is 51.1 Å². The lowest BCUT2D eigenvalue weighted by atomic mass is 9.94. The van der Waals surface area contributed by atoms with E-state index in [1.54, 1.807) is 0 Å². The molecule has 188 valence electrons. The number of ether oxygens (including phenoxy) is 6. The molecule has 0 aliphatic heterocycles. The second kappa shape index (κ2) is 17.6. The van der Waals surface area contributed by atoms with E-state index < -0.39 is 0 Å². The van der Waals surface area contributed by atoms with Crippen LogP contribution in [-0.2, 0) is 41.6 Å². The van der Waals surface area contributed by atoms with Crippen LogP contribution < -0.4 is 0 Å². The third-order valence-electron chi connectivity index (χ3n) is 5.73. The average molecular weight is 473 g/mol. The van der Waals surface area contributed by atoms with Crippen molar-refractivity contribution >= 4 is 0 Å². The van der Waals surface area contributed by atoms with Gasteiger partial charge in [0.25, 0.3) is 0 Å². The van der Waals surface area contributed by atoms with E-state index in [9.17, 15) is 0 Å². The number of hydrogen-bond donors (Lipinski definition) is 0. The van der Waals surface area contributed by atoms with Crippen LogP contribution in [0.4, 0.5) is 0 Å². The van der Waals surface area contributed by atoms with Crippen molar-refractivity contribution in [2.75, 3.05) is 52.9 Å². The van der Waals surface area contributed by atoms with E-state index in [1.807, 2.05) is 36.4 Å². The fraction of sp³-hybridized carbons (Fsp3) is 0.571. The largest absolute Gasteiger partial charge is 0.377 e.